The first-order valence-electron chi connectivity index (χ1n) is 8.97. The average Bonchev–Trinajstić information content (AvgIpc) is 3.14. The molecule has 0 aromatic rings. The van der Waals surface area contributed by atoms with E-state index in [1.165, 1.54) is 12.8 Å². The van der Waals surface area contributed by atoms with Crippen LogP contribution in [-0.2, 0) is 4.74 Å². The number of aliphatic hydroxyl groups excluding tert-OH is 1. The van der Waals surface area contributed by atoms with Gasteiger partial charge in [0.1, 0.15) is 0 Å². The van der Waals surface area contributed by atoms with E-state index in [9.17, 15) is 5.11 Å². The number of nitrogens with one attached hydrogen (secondary N) is 2. The highest BCUT2D eigenvalue weighted by Gasteiger charge is 2.41. The zero-order valence-electron chi connectivity index (χ0n) is 14.4. The van der Waals surface area contributed by atoms with Crippen molar-refractivity contribution in [3.8, 4) is 0 Å². The zero-order valence-corrected chi connectivity index (χ0v) is 14.4. The van der Waals surface area contributed by atoms with Crippen molar-refractivity contribution in [1.29, 1.82) is 0 Å². The monoisotopic (exact) mass is 311 g/mol. The minimum atomic E-state index is 0.113. The van der Waals surface area contributed by atoms with E-state index in [0.29, 0.717) is 18.2 Å². The predicted octanol–water partition coefficient (Wildman–Crippen LogP) is 2.05. The number of guanidine groups is 1. The number of nitrogens with zero attached hydrogens (tertiary/aromatic N) is 1. The number of ether oxygens (including phenoxy) is 1. The number of fused-ring (bicyclic) bond motifs is 2. The fraction of sp³-hybridized carbons (Fsp3) is 0.941. The van der Waals surface area contributed by atoms with Gasteiger partial charge in [-0.3, -0.25) is 4.99 Å². The van der Waals surface area contributed by atoms with Crippen molar-refractivity contribution in [3.05, 3.63) is 0 Å². The van der Waals surface area contributed by atoms with E-state index in [4.69, 9.17) is 9.73 Å². The van der Waals surface area contributed by atoms with Crippen LogP contribution in [0.4, 0.5) is 0 Å². The molecule has 2 bridgehead atoms. The van der Waals surface area contributed by atoms with Crippen LogP contribution in [0.1, 0.15) is 59.3 Å². The molecule has 3 atom stereocenters. The molecule has 0 aromatic heterocycles. The van der Waals surface area contributed by atoms with E-state index in [1.54, 1.807) is 0 Å². The maximum Gasteiger partial charge on any atom is 0.191 e. The lowest BCUT2D eigenvalue weighted by Crippen LogP contribution is -2.47. The quantitative estimate of drug-likeness (QED) is 0.474. The first-order chi connectivity index (χ1) is 10.7. The van der Waals surface area contributed by atoms with Gasteiger partial charge in [-0.1, -0.05) is 13.8 Å². The Labute approximate surface area is 134 Å². The van der Waals surface area contributed by atoms with Crippen molar-refractivity contribution >= 4 is 5.96 Å². The lowest BCUT2D eigenvalue weighted by Gasteiger charge is -2.30. The molecular formula is C17H33N3O2. The van der Waals surface area contributed by atoms with Crippen LogP contribution < -0.4 is 10.6 Å². The minimum Gasteiger partial charge on any atom is -0.396 e. The summed E-state index contributed by atoms with van der Waals surface area (Å²) >= 11 is 0. The summed E-state index contributed by atoms with van der Waals surface area (Å²) in [6.45, 7) is 8.34. The summed E-state index contributed by atoms with van der Waals surface area (Å²) in [6.07, 6.45) is 7.19. The Kier molecular flexibility index (Phi) is 6.50. The molecule has 5 nitrogen and oxygen atoms in total. The molecule has 5 heteroatoms. The highest BCUT2D eigenvalue weighted by molar-refractivity contribution is 5.80. The maximum atomic E-state index is 9.34. The highest BCUT2D eigenvalue weighted by atomic mass is 16.5. The lowest BCUT2D eigenvalue weighted by molar-refractivity contribution is 0.0992. The standard InChI is InChI=1S/C17H33N3O2/c1-4-17(5-2,9-10-21)12-19-16(18-6-3)20-14-11-13-7-8-15(14)22-13/h13-15,21H,4-12H2,1-3H3,(H2,18,19,20). The number of rotatable bonds is 8. The summed E-state index contributed by atoms with van der Waals surface area (Å²) in [5, 5.41) is 16.3. The Morgan fingerprint density at radius 3 is 2.55 bits per heavy atom. The molecule has 3 N–H and O–H groups in total. The molecule has 0 amide bonds. The molecule has 0 aromatic carbocycles. The molecule has 0 spiro atoms. The van der Waals surface area contributed by atoms with Gasteiger partial charge in [-0.05, 0) is 50.9 Å². The Hall–Kier alpha value is -0.810. The molecule has 22 heavy (non-hydrogen) atoms. The minimum absolute atomic E-state index is 0.113. The van der Waals surface area contributed by atoms with Crippen LogP contribution in [0.2, 0.25) is 0 Å². The first-order valence-corrected chi connectivity index (χ1v) is 8.97. The molecule has 0 saturated carbocycles. The van der Waals surface area contributed by atoms with Crippen LogP contribution in [0, 0.1) is 5.41 Å². The molecule has 2 saturated heterocycles. The fourth-order valence-corrected chi connectivity index (χ4v) is 3.68. The number of aliphatic hydroxyl groups is 1. The van der Waals surface area contributed by atoms with Crippen LogP contribution in [0.25, 0.3) is 0 Å². The van der Waals surface area contributed by atoms with Gasteiger partial charge in [0.2, 0.25) is 0 Å². The molecular weight excluding hydrogens is 278 g/mol. The average molecular weight is 311 g/mol. The number of aliphatic imine (C=N–C) groups is 1. The van der Waals surface area contributed by atoms with E-state index in [0.717, 1.165) is 44.7 Å². The number of hydrogen-bond acceptors (Lipinski definition) is 3. The Bertz CT molecular complexity index is 369. The van der Waals surface area contributed by atoms with E-state index in [2.05, 4.69) is 31.4 Å². The van der Waals surface area contributed by atoms with Gasteiger partial charge < -0.3 is 20.5 Å². The first kappa shape index (κ1) is 17.5. The van der Waals surface area contributed by atoms with Crippen molar-refractivity contribution < 1.29 is 9.84 Å². The number of hydrogen-bond donors (Lipinski definition) is 3. The fourth-order valence-electron chi connectivity index (χ4n) is 3.68. The van der Waals surface area contributed by atoms with Gasteiger partial charge in [0.05, 0.1) is 18.2 Å². The second-order valence-electron chi connectivity index (χ2n) is 6.74. The van der Waals surface area contributed by atoms with Gasteiger partial charge in [0, 0.05) is 19.7 Å². The molecule has 3 unspecified atom stereocenters. The molecule has 2 heterocycles. The van der Waals surface area contributed by atoms with Gasteiger partial charge in [0.25, 0.3) is 0 Å². The second kappa shape index (κ2) is 8.16. The van der Waals surface area contributed by atoms with Crippen molar-refractivity contribution in [2.24, 2.45) is 10.4 Å². The van der Waals surface area contributed by atoms with Crippen molar-refractivity contribution in [1.82, 2.24) is 10.6 Å². The van der Waals surface area contributed by atoms with Gasteiger partial charge in [0.15, 0.2) is 5.96 Å². The largest absolute Gasteiger partial charge is 0.396 e. The topological polar surface area (TPSA) is 65.9 Å². The molecule has 128 valence electrons. The van der Waals surface area contributed by atoms with Crippen LogP contribution >= 0.6 is 0 Å². The normalized spacial score (nSPS) is 28.2. The predicted molar refractivity (Wildman–Crippen MR) is 90.1 cm³/mol. The van der Waals surface area contributed by atoms with Gasteiger partial charge in [-0.25, -0.2) is 0 Å². The zero-order chi connectivity index (χ0) is 16.0. The van der Waals surface area contributed by atoms with Crippen molar-refractivity contribution in [2.75, 3.05) is 19.7 Å². The molecule has 2 aliphatic heterocycles. The summed E-state index contributed by atoms with van der Waals surface area (Å²) in [6, 6.07) is 0.395. The van der Waals surface area contributed by atoms with Crippen LogP contribution in [0.15, 0.2) is 4.99 Å². The SMILES string of the molecule is CCNC(=NCC(CC)(CC)CCO)NC1CC2CCC1O2. The molecule has 2 rings (SSSR count). The maximum absolute atomic E-state index is 9.34. The van der Waals surface area contributed by atoms with Crippen LogP contribution in [-0.4, -0.2) is 49.0 Å². The van der Waals surface area contributed by atoms with E-state index >= 15 is 0 Å². The van der Waals surface area contributed by atoms with E-state index in [1.807, 2.05) is 0 Å². The Morgan fingerprint density at radius 1 is 1.27 bits per heavy atom. The summed E-state index contributed by atoms with van der Waals surface area (Å²) in [7, 11) is 0. The Balaban J connectivity index is 1.96. The molecule has 0 aliphatic carbocycles. The third-order valence-corrected chi connectivity index (χ3v) is 5.49. The van der Waals surface area contributed by atoms with E-state index in [-0.39, 0.29) is 12.0 Å². The smallest absolute Gasteiger partial charge is 0.191 e. The highest BCUT2D eigenvalue weighted by Crippen LogP contribution is 2.34. The second-order valence-corrected chi connectivity index (χ2v) is 6.74. The summed E-state index contributed by atoms with van der Waals surface area (Å²) in [4.78, 5) is 4.82. The molecule has 0 radical (unpaired) electrons. The lowest BCUT2D eigenvalue weighted by atomic mass is 9.79. The van der Waals surface area contributed by atoms with Gasteiger partial charge in [-0.2, -0.15) is 0 Å². The van der Waals surface area contributed by atoms with Crippen LogP contribution in [0.5, 0.6) is 0 Å². The summed E-state index contributed by atoms with van der Waals surface area (Å²) in [5.74, 6) is 0.896. The van der Waals surface area contributed by atoms with Gasteiger partial charge >= 0.3 is 0 Å². The third-order valence-electron chi connectivity index (χ3n) is 5.49. The molecule has 2 fully saturated rings. The van der Waals surface area contributed by atoms with Crippen LogP contribution in [0.3, 0.4) is 0 Å². The van der Waals surface area contributed by atoms with Gasteiger partial charge in [-0.15, -0.1) is 0 Å². The summed E-state index contributed by atoms with van der Waals surface area (Å²) in [5.41, 5.74) is 0.113. The third kappa shape index (κ3) is 4.13. The van der Waals surface area contributed by atoms with Crippen molar-refractivity contribution in [3.63, 3.8) is 0 Å². The summed E-state index contributed by atoms with van der Waals surface area (Å²) < 4.78 is 5.91. The Morgan fingerprint density at radius 2 is 2.05 bits per heavy atom. The van der Waals surface area contributed by atoms with E-state index < -0.39 is 0 Å². The van der Waals surface area contributed by atoms with Crippen molar-refractivity contribution in [2.45, 2.75) is 77.5 Å². The molecule has 2 aliphatic rings.